The SMILES string of the molecule is CN(C)C(=O)c1ccc(-c2ccc(N)cc2)o1.Cl. The molecule has 0 bridgehead atoms. The maximum Gasteiger partial charge on any atom is 0.289 e. The number of carbonyl (C=O) groups excluding carboxylic acids is 1. The number of hydrogen-bond acceptors (Lipinski definition) is 3. The molecule has 0 atom stereocenters. The second kappa shape index (κ2) is 5.60. The van der Waals surface area contributed by atoms with Crippen LogP contribution >= 0.6 is 12.4 Å². The smallest absolute Gasteiger partial charge is 0.289 e. The number of nitrogen functional groups attached to an aromatic ring is 1. The number of rotatable bonds is 2. The van der Waals surface area contributed by atoms with Crippen LogP contribution in [0.15, 0.2) is 40.8 Å². The molecule has 96 valence electrons. The number of hydrogen-bond donors (Lipinski definition) is 1. The van der Waals surface area contributed by atoms with Gasteiger partial charge >= 0.3 is 0 Å². The van der Waals surface area contributed by atoms with Gasteiger partial charge in [0.25, 0.3) is 5.91 Å². The van der Waals surface area contributed by atoms with Crippen LogP contribution in [0.1, 0.15) is 10.6 Å². The maximum atomic E-state index is 11.7. The van der Waals surface area contributed by atoms with Gasteiger partial charge in [0.15, 0.2) is 5.76 Å². The van der Waals surface area contributed by atoms with Crippen molar-refractivity contribution in [2.24, 2.45) is 0 Å². The van der Waals surface area contributed by atoms with Crippen molar-refractivity contribution >= 4 is 24.0 Å². The largest absolute Gasteiger partial charge is 0.451 e. The van der Waals surface area contributed by atoms with Crippen LogP contribution < -0.4 is 5.73 Å². The van der Waals surface area contributed by atoms with E-state index in [0.29, 0.717) is 17.2 Å². The van der Waals surface area contributed by atoms with E-state index in [1.807, 2.05) is 12.1 Å². The normalized spacial score (nSPS) is 9.67. The van der Waals surface area contributed by atoms with Crippen molar-refractivity contribution in [3.8, 4) is 11.3 Å². The summed E-state index contributed by atoms with van der Waals surface area (Å²) in [6, 6.07) is 10.8. The summed E-state index contributed by atoms with van der Waals surface area (Å²) >= 11 is 0. The van der Waals surface area contributed by atoms with Crippen molar-refractivity contribution in [1.82, 2.24) is 4.90 Å². The van der Waals surface area contributed by atoms with Gasteiger partial charge in [0.05, 0.1) is 0 Å². The lowest BCUT2D eigenvalue weighted by molar-refractivity contribution is 0.0797. The van der Waals surface area contributed by atoms with Gasteiger partial charge in [-0.15, -0.1) is 12.4 Å². The summed E-state index contributed by atoms with van der Waals surface area (Å²) in [7, 11) is 3.38. The molecule has 1 aromatic heterocycles. The summed E-state index contributed by atoms with van der Waals surface area (Å²) in [4.78, 5) is 13.1. The predicted octanol–water partition coefficient (Wildman–Crippen LogP) is 2.65. The van der Waals surface area contributed by atoms with Gasteiger partial charge in [-0.3, -0.25) is 4.79 Å². The number of halogens is 1. The van der Waals surface area contributed by atoms with Gasteiger partial charge in [-0.1, -0.05) is 0 Å². The molecular weight excluding hydrogens is 252 g/mol. The highest BCUT2D eigenvalue weighted by Crippen LogP contribution is 2.23. The Morgan fingerprint density at radius 3 is 2.28 bits per heavy atom. The number of furan rings is 1. The summed E-state index contributed by atoms with van der Waals surface area (Å²) in [5, 5.41) is 0. The van der Waals surface area contributed by atoms with E-state index in [1.54, 1.807) is 38.4 Å². The lowest BCUT2D eigenvalue weighted by Gasteiger charge is -2.06. The molecule has 0 radical (unpaired) electrons. The summed E-state index contributed by atoms with van der Waals surface area (Å²) in [5.74, 6) is 0.851. The van der Waals surface area contributed by atoms with Crippen molar-refractivity contribution in [1.29, 1.82) is 0 Å². The minimum atomic E-state index is -0.147. The van der Waals surface area contributed by atoms with Crippen molar-refractivity contribution < 1.29 is 9.21 Å². The van der Waals surface area contributed by atoms with Gasteiger partial charge in [-0.2, -0.15) is 0 Å². The van der Waals surface area contributed by atoms with Crippen molar-refractivity contribution in [2.45, 2.75) is 0 Å². The number of anilines is 1. The summed E-state index contributed by atoms with van der Waals surface area (Å²) in [5.41, 5.74) is 7.21. The highest BCUT2D eigenvalue weighted by atomic mass is 35.5. The van der Waals surface area contributed by atoms with Crippen LogP contribution in [-0.4, -0.2) is 24.9 Å². The molecule has 0 aliphatic rings. The zero-order valence-electron chi connectivity index (χ0n) is 10.2. The van der Waals surface area contributed by atoms with E-state index in [-0.39, 0.29) is 18.3 Å². The van der Waals surface area contributed by atoms with Crippen LogP contribution in [0.2, 0.25) is 0 Å². The molecule has 0 spiro atoms. The fourth-order valence-corrected chi connectivity index (χ4v) is 1.48. The lowest BCUT2D eigenvalue weighted by Crippen LogP contribution is -2.20. The summed E-state index contributed by atoms with van der Waals surface area (Å²) in [6.07, 6.45) is 0. The number of benzene rings is 1. The molecule has 2 N–H and O–H groups in total. The molecule has 5 heteroatoms. The van der Waals surface area contributed by atoms with E-state index in [9.17, 15) is 4.79 Å². The van der Waals surface area contributed by atoms with Crippen LogP contribution in [-0.2, 0) is 0 Å². The third kappa shape index (κ3) is 2.84. The Bertz CT molecular complexity index is 532. The van der Waals surface area contributed by atoms with Gasteiger partial charge in [-0.25, -0.2) is 0 Å². The number of nitrogens with two attached hydrogens (primary N) is 1. The minimum absolute atomic E-state index is 0. The average molecular weight is 267 g/mol. The van der Waals surface area contributed by atoms with Gasteiger partial charge in [0, 0.05) is 25.3 Å². The first kappa shape index (κ1) is 14.1. The molecule has 0 unspecified atom stereocenters. The second-order valence-electron chi connectivity index (χ2n) is 3.99. The third-order valence-electron chi connectivity index (χ3n) is 2.42. The fourth-order valence-electron chi connectivity index (χ4n) is 1.48. The van der Waals surface area contributed by atoms with Crippen LogP contribution in [0.25, 0.3) is 11.3 Å². The van der Waals surface area contributed by atoms with Crippen molar-refractivity contribution in [2.75, 3.05) is 19.8 Å². The van der Waals surface area contributed by atoms with Gasteiger partial charge < -0.3 is 15.1 Å². The Kier molecular flexibility index (Phi) is 4.39. The highest BCUT2D eigenvalue weighted by Gasteiger charge is 2.13. The zero-order valence-corrected chi connectivity index (χ0v) is 11.0. The van der Waals surface area contributed by atoms with Crippen LogP contribution in [0, 0.1) is 0 Å². The second-order valence-corrected chi connectivity index (χ2v) is 3.99. The first-order valence-corrected chi connectivity index (χ1v) is 5.25. The number of nitrogens with zero attached hydrogens (tertiary/aromatic N) is 1. The monoisotopic (exact) mass is 266 g/mol. The van der Waals surface area contributed by atoms with Gasteiger partial charge in [0.1, 0.15) is 5.76 Å². The van der Waals surface area contributed by atoms with E-state index < -0.39 is 0 Å². The van der Waals surface area contributed by atoms with Gasteiger partial charge in [0.2, 0.25) is 0 Å². The molecule has 1 aromatic carbocycles. The topological polar surface area (TPSA) is 59.5 Å². The molecule has 1 heterocycles. The Morgan fingerprint density at radius 2 is 1.72 bits per heavy atom. The quantitative estimate of drug-likeness (QED) is 0.850. The van der Waals surface area contributed by atoms with Crippen molar-refractivity contribution in [3.05, 3.63) is 42.2 Å². The van der Waals surface area contributed by atoms with E-state index in [1.165, 1.54) is 4.90 Å². The van der Waals surface area contributed by atoms with E-state index in [0.717, 1.165) is 5.56 Å². The van der Waals surface area contributed by atoms with E-state index in [2.05, 4.69) is 0 Å². The third-order valence-corrected chi connectivity index (χ3v) is 2.42. The van der Waals surface area contributed by atoms with Crippen LogP contribution in [0.3, 0.4) is 0 Å². The maximum absolute atomic E-state index is 11.7. The molecular formula is C13H15ClN2O2. The average Bonchev–Trinajstić information content (AvgIpc) is 2.78. The fraction of sp³-hybridized carbons (Fsp3) is 0.154. The predicted molar refractivity (Wildman–Crippen MR) is 73.8 cm³/mol. The van der Waals surface area contributed by atoms with Crippen molar-refractivity contribution in [3.63, 3.8) is 0 Å². The molecule has 1 amide bonds. The Labute approximate surface area is 112 Å². The van der Waals surface area contributed by atoms with E-state index >= 15 is 0 Å². The lowest BCUT2D eigenvalue weighted by atomic mass is 10.1. The minimum Gasteiger partial charge on any atom is -0.451 e. The Balaban J connectivity index is 0.00000162. The molecule has 0 saturated carbocycles. The molecule has 2 aromatic rings. The molecule has 2 rings (SSSR count). The first-order valence-electron chi connectivity index (χ1n) is 5.25. The highest BCUT2D eigenvalue weighted by molar-refractivity contribution is 5.91. The molecule has 0 aliphatic heterocycles. The molecule has 0 aliphatic carbocycles. The Hall–Kier alpha value is -1.94. The Morgan fingerprint density at radius 1 is 1.11 bits per heavy atom. The molecule has 0 saturated heterocycles. The zero-order chi connectivity index (χ0) is 12.4. The molecule has 18 heavy (non-hydrogen) atoms. The van der Waals surface area contributed by atoms with E-state index in [4.69, 9.17) is 10.2 Å². The number of carbonyl (C=O) groups is 1. The summed E-state index contributed by atoms with van der Waals surface area (Å²) in [6.45, 7) is 0. The molecule has 4 nitrogen and oxygen atoms in total. The standard InChI is InChI=1S/C13H14N2O2.ClH/c1-15(2)13(16)12-8-7-11(17-12)9-3-5-10(14)6-4-9;/h3-8H,14H2,1-2H3;1H. The number of amides is 1. The van der Waals surface area contributed by atoms with Crippen LogP contribution in [0.4, 0.5) is 5.69 Å². The molecule has 0 fully saturated rings. The first-order chi connectivity index (χ1) is 8.08. The van der Waals surface area contributed by atoms with Crippen LogP contribution in [0.5, 0.6) is 0 Å². The summed E-state index contributed by atoms with van der Waals surface area (Å²) < 4.78 is 5.50. The van der Waals surface area contributed by atoms with Gasteiger partial charge in [-0.05, 0) is 36.4 Å².